The molecule has 3 heteroatoms. The number of hydrogen-bond donors (Lipinski definition) is 2. The molecule has 0 aliphatic rings. The second-order valence-corrected chi connectivity index (χ2v) is 4.39. The van der Waals surface area contributed by atoms with E-state index in [2.05, 4.69) is 24.5 Å². The molecule has 0 spiro atoms. The van der Waals surface area contributed by atoms with E-state index >= 15 is 0 Å². The monoisotopic (exact) mass is 234 g/mol. The molecule has 2 N–H and O–H groups in total. The Hall–Kier alpha value is -1.51. The number of hydrogen-bond acceptors (Lipinski definition) is 1. The van der Waals surface area contributed by atoms with Crippen molar-refractivity contribution in [1.29, 1.82) is 0 Å². The van der Waals surface area contributed by atoms with E-state index in [-0.39, 0.29) is 6.03 Å². The van der Waals surface area contributed by atoms with E-state index in [4.69, 9.17) is 0 Å². The summed E-state index contributed by atoms with van der Waals surface area (Å²) in [6.07, 6.45) is 2.20. The lowest BCUT2D eigenvalue weighted by atomic mass is 10.0. The van der Waals surface area contributed by atoms with E-state index in [1.807, 2.05) is 31.2 Å². The first kappa shape index (κ1) is 13.6. The van der Waals surface area contributed by atoms with Gasteiger partial charge in [-0.25, -0.2) is 4.79 Å². The average Bonchev–Trinajstić information content (AvgIpc) is 2.30. The van der Waals surface area contributed by atoms with Gasteiger partial charge in [0.1, 0.15) is 0 Å². The van der Waals surface area contributed by atoms with Gasteiger partial charge in [-0.3, -0.25) is 0 Å². The van der Waals surface area contributed by atoms with Gasteiger partial charge in [-0.15, -0.1) is 0 Å². The largest absolute Gasteiger partial charge is 0.338 e. The van der Waals surface area contributed by atoms with E-state index in [9.17, 15) is 4.79 Å². The summed E-state index contributed by atoms with van der Waals surface area (Å²) in [5.41, 5.74) is 1.98. The van der Waals surface area contributed by atoms with Crippen molar-refractivity contribution in [3.05, 3.63) is 29.8 Å². The van der Waals surface area contributed by atoms with Gasteiger partial charge in [-0.05, 0) is 30.5 Å². The molecule has 0 aliphatic carbocycles. The zero-order valence-corrected chi connectivity index (χ0v) is 10.9. The predicted molar refractivity (Wildman–Crippen MR) is 72.3 cm³/mol. The number of nitrogens with one attached hydrogen (secondary N) is 2. The maximum Gasteiger partial charge on any atom is 0.319 e. The van der Waals surface area contributed by atoms with Crippen molar-refractivity contribution >= 4 is 11.7 Å². The van der Waals surface area contributed by atoms with E-state index in [1.165, 1.54) is 0 Å². The molecule has 0 saturated carbocycles. The summed E-state index contributed by atoms with van der Waals surface area (Å²) in [5.74, 6) is 0.568. The maximum absolute atomic E-state index is 11.6. The molecule has 1 rings (SSSR count). The fourth-order valence-electron chi connectivity index (χ4n) is 1.71. The lowest BCUT2D eigenvalue weighted by molar-refractivity contribution is 0.249. The average molecular weight is 234 g/mol. The molecule has 1 aromatic carbocycles. The molecule has 0 radical (unpaired) electrons. The number of amides is 2. The summed E-state index contributed by atoms with van der Waals surface area (Å²) < 4.78 is 0. The van der Waals surface area contributed by atoms with Crippen LogP contribution in [0.25, 0.3) is 0 Å². The molecule has 1 aromatic rings. The van der Waals surface area contributed by atoms with Gasteiger partial charge >= 0.3 is 6.03 Å². The SMILES string of the molecule is CCC(CC)CNC(=O)Nc1cccc(C)c1. The summed E-state index contributed by atoms with van der Waals surface area (Å²) in [4.78, 5) is 11.6. The molecule has 0 heterocycles. The predicted octanol–water partition coefficient (Wildman–Crippen LogP) is 3.55. The molecule has 0 aromatic heterocycles. The van der Waals surface area contributed by atoms with Crippen molar-refractivity contribution in [3.8, 4) is 0 Å². The minimum absolute atomic E-state index is 0.123. The van der Waals surface area contributed by atoms with Crippen molar-refractivity contribution in [3.63, 3.8) is 0 Å². The highest BCUT2D eigenvalue weighted by Gasteiger charge is 2.06. The van der Waals surface area contributed by atoms with Gasteiger partial charge in [0, 0.05) is 12.2 Å². The molecule has 2 amide bonds. The second-order valence-electron chi connectivity index (χ2n) is 4.39. The molecular weight excluding hydrogens is 212 g/mol. The van der Waals surface area contributed by atoms with Gasteiger partial charge in [-0.2, -0.15) is 0 Å². The van der Waals surface area contributed by atoms with Gasteiger partial charge in [0.05, 0.1) is 0 Å². The fourth-order valence-corrected chi connectivity index (χ4v) is 1.71. The summed E-state index contributed by atoms with van der Waals surface area (Å²) in [6, 6.07) is 7.67. The number of rotatable bonds is 5. The Labute approximate surface area is 104 Å². The summed E-state index contributed by atoms with van der Waals surface area (Å²) in [7, 11) is 0. The molecule has 0 fully saturated rings. The van der Waals surface area contributed by atoms with Gasteiger partial charge < -0.3 is 10.6 Å². The first-order valence-corrected chi connectivity index (χ1v) is 6.27. The minimum Gasteiger partial charge on any atom is -0.338 e. The maximum atomic E-state index is 11.6. The lowest BCUT2D eigenvalue weighted by Crippen LogP contribution is -2.32. The molecule has 94 valence electrons. The molecule has 0 unspecified atom stereocenters. The number of carbonyl (C=O) groups is 1. The molecule has 0 aliphatic heterocycles. The molecule has 0 bridgehead atoms. The Kier molecular flexibility index (Phi) is 5.53. The molecule has 3 nitrogen and oxygen atoms in total. The number of aryl methyl sites for hydroxylation is 1. The number of urea groups is 1. The van der Waals surface area contributed by atoms with Crippen LogP contribution in [0.3, 0.4) is 0 Å². The lowest BCUT2D eigenvalue weighted by Gasteiger charge is -2.14. The van der Waals surface area contributed by atoms with Crippen LogP contribution < -0.4 is 10.6 Å². The zero-order valence-electron chi connectivity index (χ0n) is 10.9. The Morgan fingerprint density at radius 3 is 2.59 bits per heavy atom. The van der Waals surface area contributed by atoms with Crippen LogP contribution in [0.2, 0.25) is 0 Å². The number of anilines is 1. The van der Waals surface area contributed by atoms with E-state index in [0.717, 1.165) is 30.6 Å². The topological polar surface area (TPSA) is 41.1 Å². The van der Waals surface area contributed by atoms with Crippen LogP contribution in [-0.4, -0.2) is 12.6 Å². The zero-order chi connectivity index (χ0) is 12.7. The van der Waals surface area contributed by atoms with Crippen LogP contribution in [0.5, 0.6) is 0 Å². The van der Waals surface area contributed by atoms with Crippen LogP contribution in [0.1, 0.15) is 32.3 Å². The highest BCUT2D eigenvalue weighted by atomic mass is 16.2. The smallest absolute Gasteiger partial charge is 0.319 e. The van der Waals surface area contributed by atoms with Crippen LogP contribution in [0, 0.1) is 12.8 Å². The Balaban J connectivity index is 2.39. The van der Waals surface area contributed by atoms with Crippen molar-refractivity contribution in [2.45, 2.75) is 33.6 Å². The standard InChI is InChI=1S/C14H22N2O/c1-4-12(5-2)10-15-14(17)16-13-8-6-7-11(3)9-13/h6-9,12H,4-5,10H2,1-3H3,(H2,15,16,17). The normalized spacial score (nSPS) is 10.4. The van der Waals surface area contributed by atoms with E-state index in [0.29, 0.717) is 5.92 Å². The first-order valence-electron chi connectivity index (χ1n) is 6.27. The van der Waals surface area contributed by atoms with Gasteiger partial charge in [0.2, 0.25) is 0 Å². The Morgan fingerprint density at radius 2 is 2.00 bits per heavy atom. The number of benzene rings is 1. The van der Waals surface area contributed by atoms with Crippen molar-refractivity contribution < 1.29 is 4.79 Å². The highest BCUT2D eigenvalue weighted by molar-refractivity contribution is 5.89. The van der Waals surface area contributed by atoms with Crippen LogP contribution in [0.15, 0.2) is 24.3 Å². The van der Waals surface area contributed by atoms with Crippen molar-refractivity contribution in [2.75, 3.05) is 11.9 Å². The van der Waals surface area contributed by atoms with Crippen LogP contribution in [-0.2, 0) is 0 Å². The number of carbonyl (C=O) groups excluding carboxylic acids is 1. The van der Waals surface area contributed by atoms with Gasteiger partial charge in [0.25, 0.3) is 0 Å². The highest BCUT2D eigenvalue weighted by Crippen LogP contribution is 2.09. The first-order chi connectivity index (χ1) is 8.15. The van der Waals surface area contributed by atoms with Crippen molar-refractivity contribution in [2.24, 2.45) is 5.92 Å². The second kappa shape index (κ2) is 6.94. The Morgan fingerprint density at radius 1 is 1.29 bits per heavy atom. The summed E-state index contributed by atoms with van der Waals surface area (Å²) in [5, 5.41) is 5.74. The molecular formula is C14H22N2O. The third kappa shape index (κ3) is 4.89. The quantitative estimate of drug-likeness (QED) is 0.803. The summed E-state index contributed by atoms with van der Waals surface area (Å²) in [6.45, 7) is 7.04. The van der Waals surface area contributed by atoms with Crippen LogP contribution in [0.4, 0.5) is 10.5 Å². The van der Waals surface area contributed by atoms with Gasteiger partial charge in [0.15, 0.2) is 0 Å². The summed E-state index contributed by atoms with van der Waals surface area (Å²) >= 11 is 0. The van der Waals surface area contributed by atoms with Crippen LogP contribution >= 0.6 is 0 Å². The molecule has 0 saturated heterocycles. The molecule has 17 heavy (non-hydrogen) atoms. The third-order valence-corrected chi connectivity index (χ3v) is 2.98. The molecule has 0 atom stereocenters. The fraction of sp³-hybridized carbons (Fsp3) is 0.500. The van der Waals surface area contributed by atoms with E-state index in [1.54, 1.807) is 0 Å². The van der Waals surface area contributed by atoms with Gasteiger partial charge in [-0.1, -0.05) is 38.8 Å². The van der Waals surface area contributed by atoms with Crippen molar-refractivity contribution in [1.82, 2.24) is 5.32 Å². The van der Waals surface area contributed by atoms with E-state index < -0.39 is 0 Å². The third-order valence-electron chi connectivity index (χ3n) is 2.98. The Bertz CT molecular complexity index is 359. The minimum atomic E-state index is -0.123.